The first kappa shape index (κ1) is 13.5. The number of rotatable bonds is 7. The van der Waals surface area contributed by atoms with Crippen LogP contribution >= 0.6 is 11.3 Å². The van der Waals surface area contributed by atoms with Crippen LogP contribution in [0.5, 0.6) is 0 Å². The summed E-state index contributed by atoms with van der Waals surface area (Å²) in [4.78, 5) is 11.1. The molecule has 8 heteroatoms. The summed E-state index contributed by atoms with van der Waals surface area (Å²) in [5.41, 5.74) is 0.589. The highest BCUT2D eigenvalue weighted by molar-refractivity contribution is 7.18. The summed E-state index contributed by atoms with van der Waals surface area (Å²) in [7, 11) is 0. The first-order valence-electron chi connectivity index (χ1n) is 5.94. The molecule has 0 fully saturated rings. The van der Waals surface area contributed by atoms with Gasteiger partial charge in [-0.2, -0.15) is 0 Å². The molecule has 0 saturated heterocycles. The van der Waals surface area contributed by atoms with Gasteiger partial charge in [0, 0.05) is 6.07 Å². The minimum atomic E-state index is -0.883. The van der Waals surface area contributed by atoms with Crippen LogP contribution in [0.3, 0.4) is 0 Å². The standard InChI is InChI=1S/C11H14N4O3S/c1-2-3-4-8(10(16)17)12-11-14-13-9(19-11)7-5-6-18-15-7/h5-6,8H,2-4H2,1H3,(H,12,14)(H,16,17). The predicted molar refractivity (Wildman–Crippen MR) is 70.0 cm³/mol. The van der Waals surface area contributed by atoms with E-state index in [1.165, 1.54) is 17.6 Å². The summed E-state index contributed by atoms with van der Waals surface area (Å²) in [6, 6.07) is 1.04. The highest BCUT2D eigenvalue weighted by atomic mass is 32.1. The Morgan fingerprint density at radius 3 is 3.05 bits per heavy atom. The van der Waals surface area contributed by atoms with Crippen molar-refractivity contribution in [2.24, 2.45) is 0 Å². The highest BCUT2D eigenvalue weighted by Gasteiger charge is 2.19. The van der Waals surface area contributed by atoms with Gasteiger partial charge in [0.2, 0.25) is 5.13 Å². The molecular weight excluding hydrogens is 268 g/mol. The molecule has 2 heterocycles. The van der Waals surface area contributed by atoms with E-state index < -0.39 is 12.0 Å². The normalized spacial score (nSPS) is 12.3. The monoisotopic (exact) mass is 282 g/mol. The minimum absolute atomic E-state index is 0.474. The van der Waals surface area contributed by atoms with Crippen molar-refractivity contribution in [3.05, 3.63) is 12.3 Å². The molecule has 0 aliphatic carbocycles. The van der Waals surface area contributed by atoms with Crippen LogP contribution in [0.1, 0.15) is 26.2 Å². The number of nitrogens with one attached hydrogen (secondary N) is 1. The van der Waals surface area contributed by atoms with E-state index >= 15 is 0 Å². The number of anilines is 1. The van der Waals surface area contributed by atoms with Gasteiger partial charge in [-0.25, -0.2) is 4.79 Å². The zero-order valence-corrected chi connectivity index (χ0v) is 11.2. The summed E-state index contributed by atoms with van der Waals surface area (Å²) in [6.45, 7) is 2.02. The number of aromatic nitrogens is 3. The first-order valence-corrected chi connectivity index (χ1v) is 6.76. The lowest BCUT2D eigenvalue weighted by Gasteiger charge is -2.11. The second-order valence-electron chi connectivity index (χ2n) is 3.97. The van der Waals surface area contributed by atoms with Gasteiger partial charge in [-0.1, -0.05) is 36.3 Å². The van der Waals surface area contributed by atoms with Crippen LogP contribution in [0.15, 0.2) is 16.9 Å². The van der Waals surface area contributed by atoms with E-state index in [2.05, 4.69) is 20.7 Å². The fraction of sp³-hybridized carbons (Fsp3) is 0.455. The number of hydrogen-bond donors (Lipinski definition) is 2. The van der Waals surface area contributed by atoms with Crippen LogP contribution in [0.4, 0.5) is 5.13 Å². The Bertz CT molecular complexity index is 526. The molecule has 0 radical (unpaired) electrons. The SMILES string of the molecule is CCCCC(Nc1nnc(-c2ccon2)s1)C(=O)O. The zero-order chi connectivity index (χ0) is 13.7. The molecule has 0 spiro atoms. The molecular formula is C11H14N4O3S. The maximum Gasteiger partial charge on any atom is 0.326 e. The van der Waals surface area contributed by atoms with Gasteiger partial charge in [0.15, 0.2) is 5.01 Å². The van der Waals surface area contributed by atoms with Crippen molar-refractivity contribution in [2.45, 2.75) is 32.2 Å². The Morgan fingerprint density at radius 2 is 2.42 bits per heavy atom. The molecule has 1 unspecified atom stereocenters. The van der Waals surface area contributed by atoms with E-state index in [1.807, 2.05) is 6.92 Å². The van der Waals surface area contributed by atoms with Crippen molar-refractivity contribution in [1.82, 2.24) is 15.4 Å². The Kier molecular flexibility index (Phi) is 4.45. The van der Waals surface area contributed by atoms with Gasteiger partial charge >= 0.3 is 5.97 Å². The van der Waals surface area contributed by atoms with Crippen LogP contribution in [0, 0.1) is 0 Å². The van der Waals surface area contributed by atoms with Gasteiger partial charge in [-0.15, -0.1) is 10.2 Å². The Balaban J connectivity index is 2.03. The van der Waals surface area contributed by atoms with E-state index in [1.54, 1.807) is 6.07 Å². The number of carbonyl (C=O) groups is 1. The summed E-state index contributed by atoms with van der Waals surface area (Å²) in [5.74, 6) is -0.883. The first-order chi connectivity index (χ1) is 9.20. The van der Waals surface area contributed by atoms with Crippen molar-refractivity contribution >= 4 is 22.4 Å². The van der Waals surface area contributed by atoms with Crippen LogP contribution in [-0.4, -0.2) is 32.5 Å². The Labute approximate surface area is 113 Å². The third kappa shape index (κ3) is 3.50. The smallest absolute Gasteiger partial charge is 0.326 e. The molecule has 0 aliphatic heterocycles. The largest absolute Gasteiger partial charge is 0.480 e. The van der Waals surface area contributed by atoms with Gasteiger partial charge in [0.25, 0.3) is 0 Å². The average molecular weight is 282 g/mol. The molecule has 0 aromatic carbocycles. The average Bonchev–Trinajstić information content (AvgIpc) is 3.04. The maximum atomic E-state index is 11.1. The van der Waals surface area contributed by atoms with Gasteiger partial charge < -0.3 is 14.9 Å². The van der Waals surface area contributed by atoms with E-state index in [4.69, 9.17) is 9.63 Å². The van der Waals surface area contributed by atoms with Gasteiger partial charge in [0.1, 0.15) is 18.0 Å². The fourth-order valence-corrected chi connectivity index (χ4v) is 2.28. The molecule has 2 N–H and O–H groups in total. The quantitative estimate of drug-likeness (QED) is 0.803. The third-order valence-corrected chi connectivity index (χ3v) is 3.40. The molecule has 0 saturated carbocycles. The second-order valence-corrected chi connectivity index (χ2v) is 4.95. The third-order valence-electron chi connectivity index (χ3n) is 2.52. The van der Waals surface area contributed by atoms with Crippen molar-refractivity contribution in [3.8, 4) is 10.7 Å². The van der Waals surface area contributed by atoms with Crippen molar-refractivity contribution < 1.29 is 14.4 Å². The second kappa shape index (κ2) is 6.28. The number of aliphatic carboxylic acids is 1. The number of unbranched alkanes of at least 4 members (excludes halogenated alkanes) is 1. The topological polar surface area (TPSA) is 101 Å². The Hall–Kier alpha value is -1.96. The summed E-state index contributed by atoms with van der Waals surface area (Å²) in [5, 5.41) is 24.7. The van der Waals surface area contributed by atoms with Crippen molar-refractivity contribution in [3.63, 3.8) is 0 Å². The molecule has 19 heavy (non-hydrogen) atoms. The summed E-state index contributed by atoms with van der Waals surface area (Å²) < 4.78 is 4.72. The lowest BCUT2D eigenvalue weighted by atomic mass is 10.1. The lowest BCUT2D eigenvalue weighted by Crippen LogP contribution is -2.29. The molecule has 102 valence electrons. The van der Waals surface area contributed by atoms with Gasteiger partial charge in [-0.05, 0) is 6.42 Å². The van der Waals surface area contributed by atoms with Crippen LogP contribution < -0.4 is 5.32 Å². The zero-order valence-electron chi connectivity index (χ0n) is 10.4. The number of carboxylic acids is 1. The van der Waals surface area contributed by atoms with Crippen molar-refractivity contribution in [1.29, 1.82) is 0 Å². The lowest BCUT2D eigenvalue weighted by molar-refractivity contribution is -0.138. The molecule has 1 atom stereocenters. The molecule has 2 rings (SSSR count). The van der Waals surface area contributed by atoms with E-state index in [-0.39, 0.29) is 0 Å². The highest BCUT2D eigenvalue weighted by Crippen LogP contribution is 2.25. The van der Waals surface area contributed by atoms with E-state index in [9.17, 15) is 4.79 Å². The molecule has 0 amide bonds. The van der Waals surface area contributed by atoms with Crippen LogP contribution in [0.25, 0.3) is 10.7 Å². The fourth-order valence-electron chi connectivity index (χ4n) is 1.52. The number of hydrogen-bond acceptors (Lipinski definition) is 7. The molecule has 7 nitrogen and oxygen atoms in total. The summed E-state index contributed by atoms with van der Waals surface area (Å²) in [6.07, 6.45) is 3.81. The number of carboxylic acid groups (broad SMARTS) is 1. The van der Waals surface area contributed by atoms with Crippen LogP contribution in [0.2, 0.25) is 0 Å². The molecule has 2 aromatic rings. The van der Waals surface area contributed by atoms with Gasteiger partial charge in [0.05, 0.1) is 0 Å². The van der Waals surface area contributed by atoms with Gasteiger partial charge in [-0.3, -0.25) is 0 Å². The predicted octanol–water partition coefficient (Wildman–Crippen LogP) is 2.25. The molecule has 0 bridgehead atoms. The minimum Gasteiger partial charge on any atom is -0.480 e. The summed E-state index contributed by atoms with van der Waals surface area (Å²) >= 11 is 1.25. The molecule has 0 aliphatic rings. The number of nitrogens with zero attached hydrogens (tertiary/aromatic N) is 3. The van der Waals surface area contributed by atoms with Crippen LogP contribution in [-0.2, 0) is 4.79 Å². The van der Waals surface area contributed by atoms with E-state index in [0.717, 1.165) is 12.8 Å². The maximum absolute atomic E-state index is 11.1. The molecule has 2 aromatic heterocycles. The Morgan fingerprint density at radius 1 is 1.58 bits per heavy atom. The van der Waals surface area contributed by atoms with E-state index in [0.29, 0.717) is 22.3 Å². The van der Waals surface area contributed by atoms with Crippen molar-refractivity contribution in [2.75, 3.05) is 5.32 Å².